The third kappa shape index (κ3) is 14.4. The van der Waals surface area contributed by atoms with Crippen LogP contribution >= 0.6 is 0 Å². The van der Waals surface area contributed by atoms with Crippen LogP contribution in [0.3, 0.4) is 0 Å². The monoisotopic (exact) mass is 1190 g/mol. The lowest BCUT2D eigenvalue weighted by molar-refractivity contribution is 0.0203. The number of pyridine rings is 2. The van der Waals surface area contributed by atoms with Crippen LogP contribution in [0.1, 0.15) is 179 Å². The van der Waals surface area contributed by atoms with E-state index in [2.05, 4.69) is 40.1 Å². The van der Waals surface area contributed by atoms with E-state index in [4.69, 9.17) is 19.6 Å². The van der Waals surface area contributed by atoms with Gasteiger partial charge in [-0.25, -0.2) is 34.3 Å². The van der Waals surface area contributed by atoms with Crippen molar-refractivity contribution in [1.29, 1.82) is 0 Å². The van der Waals surface area contributed by atoms with Crippen LogP contribution in [-0.4, -0.2) is 182 Å². The van der Waals surface area contributed by atoms with Gasteiger partial charge in [0.05, 0.1) is 17.2 Å². The summed E-state index contributed by atoms with van der Waals surface area (Å²) in [6.07, 6.45) is 20.2. The lowest BCUT2D eigenvalue weighted by Crippen LogP contribution is -2.47. The van der Waals surface area contributed by atoms with Crippen molar-refractivity contribution < 1.29 is 43.3 Å². The number of amides is 5. The predicted molar refractivity (Wildman–Crippen MR) is 328 cm³/mol. The highest BCUT2D eigenvalue weighted by atomic mass is 16.6. The summed E-state index contributed by atoms with van der Waals surface area (Å²) < 4.78 is 15.1. The smallest absolute Gasteiger partial charge is 0.410 e. The minimum atomic E-state index is -1.03. The first-order valence-electron chi connectivity index (χ1n) is 30.5. The molecule has 4 unspecified atom stereocenters. The first-order valence-corrected chi connectivity index (χ1v) is 30.5. The highest BCUT2D eigenvalue weighted by Gasteiger charge is 2.44. The highest BCUT2D eigenvalue weighted by molar-refractivity contribution is 5.99. The number of aromatic nitrogens is 8. The molecule has 12 rings (SSSR count). The Labute approximate surface area is 507 Å². The lowest BCUT2D eigenvalue weighted by Gasteiger charge is -2.33. The first-order chi connectivity index (χ1) is 41.4. The molecule has 3 saturated heterocycles. The molecule has 6 aromatic heterocycles. The van der Waals surface area contributed by atoms with Gasteiger partial charge in [-0.15, -0.1) is 0 Å². The van der Waals surface area contributed by atoms with E-state index in [0.29, 0.717) is 71.8 Å². The van der Waals surface area contributed by atoms with Crippen molar-refractivity contribution in [2.24, 2.45) is 11.8 Å². The molecule has 3 aliphatic heterocycles. The maximum Gasteiger partial charge on any atom is 0.410 e. The van der Waals surface area contributed by atoms with E-state index in [1.807, 2.05) is 68.0 Å². The summed E-state index contributed by atoms with van der Waals surface area (Å²) in [4.78, 5) is 110. The number of piperidine rings is 1. The van der Waals surface area contributed by atoms with Gasteiger partial charge in [0, 0.05) is 108 Å². The van der Waals surface area contributed by atoms with Crippen LogP contribution < -0.4 is 10.6 Å². The van der Waals surface area contributed by atoms with Crippen molar-refractivity contribution in [3.63, 3.8) is 0 Å². The van der Waals surface area contributed by atoms with Crippen molar-refractivity contribution in [3.05, 3.63) is 83.7 Å². The number of carbonyl (C=O) groups excluding carboxylic acids is 5. The minimum Gasteiger partial charge on any atom is -0.478 e. The highest BCUT2D eigenvalue weighted by Crippen LogP contribution is 2.39. The Morgan fingerprint density at radius 3 is 1.41 bits per heavy atom. The second-order valence-corrected chi connectivity index (χ2v) is 26.4. The van der Waals surface area contributed by atoms with Gasteiger partial charge in [-0.1, -0.05) is 32.1 Å². The zero-order valence-electron chi connectivity index (χ0n) is 51.8. The topological polar surface area (TPSA) is 269 Å². The number of rotatable bonds is 10. The average molecular weight is 1190 g/mol. The molecule has 3 aliphatic carbocycles. The molecule has 6 aliphatic rings. The maximum absolute atomic E-state index is 13.4. The Kier molecular flexibility index (Phi) is 18.1. The third-order valence-electron chi connectivity index (χ3n) is 16.9. The van der Waals surface area contributed by atoms with Crippen LogP contribution in [0.25, 0.3) is 22.1 Å². The zero-order valence-corrected chi connectivity index (χ0v) is 51.8. The van der Waals surface area contributed by atoms with Crippen LogP contribution in [0.15, 0.2) is 61.2 Å². The van der Waals surface area contributed by atoms with E-state index in [1.165, 1.54) is 31.5 Å². The molecule has 4 atom stereocenters. The summed E-state index contributed by atoms with van der Waals surface area (Å²) in [5, 5.41) is 16.8. The summed E-state index contributed by atoms with van der Waals surface area (Å²) >= 11 is 0. The number of hydrogen-bond acceptors (Lipinski definition) is 16. The quantitative estimate of drug-likeness (QED) is 0.115. The van der Waals surface area contributed by atoms with Crippen LogP contribution in [0.4, 0.5) is 33.1 Å². The number of ether oxygens (including phenoxy) is 2. The van der Waals surface area contributed by atoms with Gasteiger partial charge < -0.3 is 58.8 Å². The number of anilines is 4. The number of likely N-dealkylation sites (tertiary alicyclic amines) is 3. The molecule has 6 fully saturated rings. The normalized spacial score (nSPS) is 20.1. The lowest BCUT2D eigenvalue weighted by atomic mass is 9.91. The van der Waals surface area contributed by atoms with Crippen LogP contribution in [-0.2, 0) is 9.47 Å². The van der Waals surface area contributed by atoms with Gasteiger partial charge >= 0.3 is 18.2 Å². The molecule has 87 heavy (non-hydrogen) atoms. The van der Waals surface area contributed by atoms with Crippen LogP contribution in [0.2, 0.25) is 0 Å². The molecule has 464 valence electrons. The van der Waals surface area contributed by atoms with Gasteiger partial charge in [0.25, 0.3) is 17.7 Å². The fourth-order valence-corrected chi connectivity index (χ4v) is 12.9. The number of carbonyl (C=O) groups is 6. The van der Waals surface area contributed by atoms with Gasteiger partial charge in [-0.05, 0) is 141 Å². The molecular formula is C63H83N15O9. The van der Waals surface area contributed by atoms with E-state index < -0.39 is 11.6 Å². The van der Waals surface area contributed by atoms with Gasteiger partial charge in [0.15, 0.2) is 0 Å². The van der Waals surface area contributed by atoms with Crippen molar-refractivity contribution in [2.45, 2.75) is 160 Å². The number of nitrogens with one attached hydrogen (secondary N) is 2. The molecule has 5 amide bonds. The SMILES string of the molecule is CC(C)(C)OC(=O)N1CC2CCCC1C2.CN(C)C(=O)c1cc2cnc(Nc3ccc(C(=O)N4CC5CC(C4)N(C(=O)OC(C)(C)C)C5)cn3)nc2n1C1CCCC1.CN(C)C(=O)c1cc2cnc(Nc3ccc(C(=O)O)cn3)nc2n1C1CCCC1. The molecule has 4 bridgehead atoms. The summed E-state index contributed by atoms with van der Waals surface area (Å²) in [5.41, 5.74) is 2.34. The Balaban J connectivity index is 0.000000163. The fourth-order valence-electron chi connectivity index (χ4n) is 12.9. The van der Waals surface area contributed by atoms with Gasteiger partial charge in [0.2, 0.25) is 11.9 Å². The number of nitrogens with zero attached hydrogens (tertiary/aromatic N) is 13. The summed E-state index contributed by atoms with van der Waals surface area (Å²) in [7, 11) is 6.99. The summed E-state index contributed by atoms with van der Waals surface area (Å²) in [6, 6.07) is 11.1. The third-order valence-corrected chi connectivity index (χ3v) is 16.9. The Hall–Kier alpha value is -8.44. The number of fused-ring (bicyclic) bond motifs is 6. The predicted octanol–water partition coefficient (Wildman–Crippen LogP) is 10.3. The van der Waals surface area contributed by atoms with E-state index in [9.17, 15) is 28.8 Å². The number of carboxylic acid groups (broad SMARTS) is 1. The molecule has 24 nitrogen and oxygen atoms in total. The van der Waals surface area contributed by atoms with E-state index in [-0.39, 0.29) is 65.1 Å². The second-order valence-electron chi connectivity index (χ2n) is 26.4. The number of hydrogen-bond donors (Lipinski definition) is 3. The molecular weight excluding hydrogens is 1110 g/mol. The van der Waals surface area contributed by atoms with Crippen molar-refractivity contribution >= 4 is 81.5 Å². The standard InChI is InChI=1S/C31H40N8O4.C20H22N6O3.C12H21NO2/c1-31(2,3)43-30(42)38-17-19-12-23(38)18-37(16-19)27(40)20-10-11-25(32-14-20)34-29-33-15-21-13-24(28(41)36(4)5)39(26(21)35-29)22-8-6-7-9-22;1-25(2)18(27)15-9-13-11-22-20(23-16-8-7-12(10-21-16)19(28)29)24-17(13)26(15)14-5-3-4-6-14;1-12(2,3)15-11(14)13-8-9-5-4-6-10(13)7-9/h10-11,13-15,19,22-23H,6-9,12,16-18H2,1-5H3,(H,32,33,34,35);7-11,14H,3-6H2,1-2H3,(H,28,29)(H,21,22,23,24);9-10H,4-8H2,1-3H3. The van der Waals surface area contributed by atoms with Crippen molar-refractivity contribution in [1.82, 2.24) is 63.5 Å². The maximum atomic E-state index is 13.4. The molecule has 24 heteroatoms. The number of carboxylic acids is 1. The molecule has 3 saturated carbocycles. The molecule has 3 N–H and O–H groups in total. The molecule has 0 aromatic carbocycles. The molecule has 9 heterocycles. The van der Waals surface area contributed by atoms with Crippen LogP contribution in [0.5, 0.6) is 0 Å². The molecule has 0 radical (unpaired) electrons. The summed E-state index contributed by atoms with van der Waals surface area (Å²) in [6.45, 7) is 13.9. The molecule has 6 aromatic rings. The average Bonchev–Trinajstić information content (AvgIpc) is 1.80. The van der Waals surface area contributed by atoms with E-state index in [0.717, 1.165) is 93.1 Å². The van der Waals surface area contributed by atoms with E-state index >= 15 is 0 Å². The Morgan fingerprint density at radius 2 is 0.977 bits per heavy atom. The number of aromatic carboxylic acids is 1. The summed E-state index contributed by atoms with van der Waals surface area (Å²) in [5.74, 6) is 1.37. The van der Waals surface area contributed by atoms with Gasteiger partial charge in [0.1, 0.15) is 45.5 Å². The fraction of sp³-hybridized carbons (Fsp3) is 0.556. The zero-order chi connectivity index (χ0) is 62.1. The molecule has 0 spiro atoms. The minimum absolute atomic E-state index is 0.0461. The van der Waals surface area contributed by atoms with Crippen molar-refractivity contribution in [3.8, 4) is 0 Å². The largest absolute Gasteiger partial charge is 0.478 e. The Bertz CT molecular complexity index is 3500. The van der Waals surface area contributed by atoms with Crippen molar-refractivity contribution in [2.75, 3.05) is 65.0 Å². The van der Waals surface area contributed by atoms with Gasteiger partial charge in [-0.3, -0.25) is 14.4 Å². The second kappa shape index (κ2) is 25.5. The van der Waals surface area contributed by atoms with Crippen LogP contribution in [0, 0.1) is 11.8 Å². The first kappa shape index (κ1) is 61.6. The van der Waals surface area contributed by atoms with E-state index in [1.54, 1.807) is 79.7 Å². The Morgan fingerprint density at radius 1 is 0.529 bits per heavy atom. The van der Waals surface area contributed by atoms with Gasteiger partial charge in [-0.2, -0.15) is 9.97 Å².